The van der Waals surface area contributed by atoms with Crippen LogP contribution in [0, 0.1) is 5.82 Å². The summed E-state index contributed by atoms with van der Waals surface area (Å²) in [5.41, 5.74) is 4.07. The van der Waals surface area contributed by atoms with Gasteiger partial charge in [0.05, 0.1) is 17.9 Å². The second-order valence-electron chi connectivity index (χ2n) is 4.45. The molecule has 1 unspecified atom stereocenters. The maximum absolute atomic E-state index is 13.3. The molecular weight excluding hydrogens is 255 g/mol. The van der Waals surface area contributed by atoms with E-state index in [-0.39, 0.29) is 0 Å². The average molecular weight is 268 g/mol. The van der Waals surface area contributed by atoms with Crippen LogP contribution in [-0.4, -0.2) is 9.97 Å². The molecule has 100 valence electrons. The monoisotopic (exact) mass is 268 g/mol. The molecule has 2 heterocycles. The Morgan fingerprint density at radius 1 is 1.15 bits per heavy atom. The molecule has 0 saturated carbocycles. The predicted molar refractivity (Wildman–Crippen MR) is 75.1 cm³/mol. The van der Waals surface area contributed by atoms with Crippen LogP contribution in [0.4, 0.5) is 4.39 Å². The van der Waals surface area contributed by atoms with E-state index < -0.39 is 11.9 Å². The Labute approximate surface area is 115 Å². The molecule has 1 aromatic carbocycles. The third kappa shape index (κ3) is 2.24. The highest BCUT2D eigenvalue weighted by Crippen LogP contribution is 2.26. The molecule has 5 heteroatoms. The summed E-state index contributed by atoms with van der Waals surface area (Å²) in [7, 11) is 0. The lowest BCUT2D eigenvalue weighted by Crippen LogP contribution is -2.29. The van der Waals surface area contributed by atoms with Crippen LogP contribution in [0.1, 0.15) is 17.3 Å². The van der Waals surface area contributed by atoms with Gasteiger partial charge in [-0.2, -0.15) is 0 Å². The average Bonchev–Trinajstić information content (AvgIpc) is 2.48. The number of nitrogens with one attached hydrogen (secondary N) is 1. The number of hydrogen-bond donors (Lipinski definition) is 2. The van der Waals surface area contributed by atoms with Gasteiger partial charge in [-0.1, -0.05) is 24.3 Å². The number of pyridine rings is 2. The lowest BCUT2D eigenvalue weighted by molar-refractivity contribution is 0.593. The number of hydrogen-bond acceptors (Lipinski definition) is 4. The molecular formula is C15H13FN4. The summed E-state index contributed by atoms with van der Waals surface area (Å²) in [5, 5.41) is 2.03. The van der Waals surface area contributed by atoms with Crippen molar-refractivity contribution < 1.29 is 4.39 Å². The summed E-state index contributed by atoms with van der Waals surface area (Å²) in [5.74, 6) is 5.24. The standard InChI is InChI=1S/C15H13FN4/c16-12-7-11(8-18-9-12)14(20-17)15-13-4-2-1-3-10(13)5-6-19-15/h1-9,14,20H,17H2. The largest absolute Gasteiger partial charge is 0.271 e. The van der Waals surface area contributed by atoms with Gasteiger partial charge in [0.25, 0.3) is 0 Å². The minimum absolute atomic E-state index is 0.400. The Morgan fingerprint density at radius 3 is 2.80 bits per heavy atom. The van der Waals surface area contributed by atoms with Crippen molar-refractivity contribution in [1.82, 2.24) is 15.4 Å². The molecule has 0 spiro atoms. The topological polar surface area (TPSA) is 63.8 Å². The fourth-order valence-corrected chi connectivity index (χ4v) is 2.29. The number of nitrogens with zero attached hydrogens (tertiary/aromatic N) is 2. The van der Waals surface area contributed by atoms with Crippen molar-refractivity contribution >= 4 is 10.8 Å². The highest BCUT2D eigenvalue weighted by atomic mass is 19.1. The molecule has 0 saturated heterocycles. The van der Waals surface area contributed by atoms with Crippen molar-refractivity contribution in [3.05, 3.63) is 72.1 Å². The van der Waals surface area contributed by atoms with Crippen LogP contribution in [-0.2, 0) is 0 Å². The minimum Gasteiger partial charge on any atom is -0.271 e. The molecule has 3 aromatic rings. The number of benzene rings is 1. The molecule has 2 aromatic heterocycles. The summed E-state index contributed by atoms with van der Waals surface area (Å²) >= 11 is 0. The van der Waals surface area contributed by atoms with Crippen LogP contribution in [0.2, 0.25) is 0 Å². The van der Waals surface area contributed by atoms with Gasteiger partial charge in [0.1, 0.15) is 5.82 Å². The van der Waals surface area contributed by atoms with Gasteiger partial charge in [0, 0.05) is 17.8 Å². The van der Waals surface area contributed by atoms with Crippen LogP contribution in [0.5, 0.6) is 0 Å². The zero-order chi connectivity index (χ0) is 13.9. The number of aromatic nitrogens is 2. The zero-order valence-electron chi connectivity index (χ0n) is 10.6. The smallest absolute Gasteiger partial charge is 0.141 e. The number of rotatable bonds is 3. The van der Waals surface area contributed by atoms with E-state index in [1.54, 1.807) is 12.4 Å². The molecule has 4 nitrogen and oxygen atoms in total. The summed E-state index contributed by atoms with van der Waals surface area (Å²) < 4.78 is 13.3. The Kier molecular flexibility index (Phi) is 3.37. The van der Waals surface area contributed by atoms with Crippen LogP contribution in [0.25, 0.3) is 10.8 Å². The van der Waals surface area contributed by atoms with Gasteiger partial charge >= 0.3 is 0 Å². The molecule has 0 aliphatic heterocycles. The van der Waals surface area contributed by atoms with Crippen molar-refractivity contribution in [2.24, 2.45) is 5.84 Å². The summed E-state index contributed by atoms with van der Waals surface area (Å²) in [4.78, 5) is 8.25. The maximum atomic E-state index is 13.3. The Balaban J connectivity index is 2.17. The maximum Gasteiger partial charge on any atom is 0.141 e. The second-order valence-corrected chi connectivity index (χ2v) is 4.45. The van der Waals surface area contributed by atoms with Gasteiger partial charge in [-0.3, -0.25) is 15.8 Å². The van der Waals surface area contributed by atoms with Crippen molar-refractivity contribution in [2.45, 2.75) is 6.04 Å². The van der Waals surface area contributed by atoms with Crippen LogP contribution in [0.3, 0.4) is 0 Å². The molecule has 3 N–H and O–H groups in total. The Morgan fingerprint density at radius 2 is 2.00 bits per heavy atom. The molecule has 1 atom stereocenters. The third-order valence-corrected chi connectivity index (χ3v) is 3.20. The number of halogens is 1. The first-order valence-corrected chi connectivity index (χ1v) is 6.20. The quantitative estimate of drug-likeness (QED) is 0.565. The summed E-state index contributed by atoms with van der Waals surface area (Å²) in [6.45, 7) is 0. The van der Waals surface area contributed by atoms with Crippen molar-refractivity contribution in [1.29, 1.82) is 0 Å². The summed E-state index contributed by atoms with van der Waals surface area (Å²) in [6, 6.07) is 10.8. The van der Waals surface area contributed by atoms with E-state index in [9.17, 15) is 4.39 Å². The zero-order valence-corrected chi connectivity index (χ0v) is 10.6. The van der Waals surface area contributed by atoms with Gasteiger partial charge in [-0.15, -0.1) is 0 Å². The molecule has 0 aliphatic carbocycles. The Bertz CT molecular complexity index is 739. The lowest BCUT2D eigenvalue weighted by Gasteiger charge is -2.17. The SMILES string of the molecule is NNC(c1cncc(F)c1)c1nccc2ccccc12. The number of fused-ring (bicyclic) bond motifs is 1. The van der Waals surface area contributed by atoms with Gasteiger partial charge in [0.2, 0.25) is 0 Å². The number of nitrogens with two attached hydrogens (primary N) is 1. The first kappa shape index (κ1) is 12.7. The summed E-state index contributed by atoms with van der Waals surface area (Å²) in [6.07, 6.45) is 4.46. The van der Waals surface area contributed by atoms with Gasteiger partial charge < -0.3 is 0 Å². The predicted octanol–water partition coefficient (Wildman–Crippen LogP) is 2.32. The number of hydrazine groups is 1. The van der Waals surface area contributed by atoms with E-state index in [0.717, 1.165) is 22.7 Å². The molecule has 0 aliphatic rings. The first-order chi connectivity index (χ1) is 9.79. The van der Waals surface area contributed by atoms with E-state index in [1.807, 2.05) is 30.3 Å². The molecule has 0 amide bonds. The van der Waals surface area contributed by atoms with Gasteiger partial charge in [-0.05, 0) is 23.1 Å². The minimum atomic E-state index is -0.413. The van der Waals surface area contributed by atoms with Gasteiger partial charge in [0.15, 0.2) is 0 Å². The van der Waals surface area contributed by atoms with Crippen LogP contribution < -0.4 is 11.3 Å². The van der Waals surface area contributed by atoms with Crippen LogP contribution >= 0.6 is 0 Å². The molecule has 0 bridgehead atoms. The Hall–Kier alpha value is -2.37. The van der Waals surface area contributed by atoms with E-state index in [0.29, 0.717) is 5.56 Å². The van der Waals surface area contributed by atoms with Crippen LogP contribution in [0.15, 0.2) is 55.0 Å². The van der Waals surface area contributed by atoms with E-state index in [4.69, 9.17) is 5.84 Å². The molecule has 20 heavy (non-hydrogen) atoms. The first-order valence-electron chi connectivity index (χ1n) is 6.20. The molecule has 0 fully saturated rings. The second kappa shape index (κ2) is 5.32. The van der Waals surface area contributed by atoms with E-state index in [2.05, 4.69) is 15.4 Å². The normalized spacial score (nSPS) is 12.5. The van der Waals surface area contributed by atoms with Crippen molar-refractivity contribution in [3.8, 4) is 0 Å². The fourth-order valence-electron chi connectivity index (χ4n) is 2.29. The molecule has 3 rings (SSSR count). The van der Waals surface area contributed by atoms with Gasteiger partial charge in [-0.25, -0.2) is 9.82 Å². The van der Waals surface area contributed by atoms with Crippen molar-refractivity contribution in [2.75, 3.05) is 0 Å². The third-order valence-electron chi connectivity index (χ3n) is 3.20. The highest BCUT2D eigenvalue weighted by Gasteiger charge is 2.17. The highest BCUT2D eigenvalue weighted by molar-refractivity contribution is 5.85. The van der Waals surface area contributed by atoms with E-state index in [1.165, 1.54) is 6.07 Å². The van der Waals surface area contributed by atoms with Crippen molar-refractivity contribution in [3.63, 3.8) is 0 Å². The fraction of sp³-hybridized carbons (Fsp3) is 0.0667. The lowest BCUT2D eigenvalue weighted by atomic mass is 10.0. The molecule has 0 radical (unpaired) electrons. The van der Waals surface area contributed by atoms with E-state index >= 15 is 0 Å².